The first kappa shape index (κ1) is 11.8. The van der Waals surface area contributed by atoms with Gasteiger partial charge >= 0.3 is 5.69 Å². The van der Waals surface area contributed by atoms with Gasteiger partial charge in [-0.2, -0.15) is 8.73 Å². The van der Waals surface area contributed by atoms with Crippen LogP contribution in [0.1, 0.15) is 0 Å². The van der Waals surface area contributed by atoms with Crippen molar-refractivity contribution >= 4 is 58.1 Å². The Morgan fingerprint density at radius 1 is 1.22 bits per heavy atom. The second kappa shape index (κ2) is 4.16. The molecule has 0 bridgehead atoms. The molecular weight excluding hydrogens is 317 g/mol. The summed E-state index contributed by atoms with van der Waals surface area (Å²) in [6, 6.07) is 1.51. The predicted molar refractivity (Wildman–Crippen MR) is 73.1 cm³/mol. The lowest BCUT2D eigenvalue weighted by Crippen LogP contribution is -2.15. The Kier molecular flexibility index (Phi) is 2.74. The minimum absolute atomic E-state index is 0.193. The number of rotatable bonds is 1. The number of aromatic amines is 2. The van der Waals surface area contributed by atoms with E-state index < -0.39 is 5.69 Å². The molecular formula is C8H3Cl2N5OS2. The Hall–Kier alpha value is -1.22. The lowest BCUT2D eigenvalue weighted by molar-refractivity contribution is 0.976. The van der Waals surface area contributed by atoms with Crippen LogP contribution in [0.5, 0.6) is 0 Å². The molecule has 1 aliphatic heterocycles. The lowest BCUT2D eigenvalue weighted by Gasteiger charge is -2.08. The summed E-state index contributed by atoms with van der Waals surface area (Å²) in [5.41, 5.74) is 0.873. The highest BCUT2D eigenvalue weighted by Crippen LogP contribution is 2.45. The van der Waals surface area contributed by atoms with Gasteiger partial charge in [-0.05, 0) is 18.3 Å². The van der Waals surface area contributed by atoms with E-state index in [0.717, 1.165) is 11.4 Å². The van der Waals surface area contributed by atoms with Crippen LogP contribution in [0, 0.1) is 4.77 Å². The number of aromatic nitrogens is 3. The second-order valence-electron chi connectivity index (χ2n) is 3.35. The highest BCUT2D eigenvalue weighted by molar-refractivity contribution is 7.71. The van der Waals surface area contributed by atoms with Gasteiger partial charge in [0.15, 0.2) is 0 Å². The molecule has 92 valence electrons. The van der Waals surface area contributed by atoms with Crippen LogP contribution in [0.25, 0.3) is 5.69 Å². The van der Waals surface area contributed by atoms with Crippen molar-refractivity contribution in [1.29, 1.82) is 0 Å². The van der Waals surface area contributed by atoms with E-state index in [0.29, 0.717) is 22.1 Å². The first-order valence-corrected chi connectivity index (χ1v) is 6.49. The number of benzene rings is 1. The molecule has 0 fully saturated rings. The largest absolute Gasteiger partial charge is 0.347 e. The Morgan fingerprint density at radius 2 is 1.94 bits per heavy atom. The molecule has 0 spiro atoms. The quantitative estimate of drug-likeness (QED) is 0.675. The van der Waals surface area contributed by atoms with Crippen LogP contribution in [0.15, 0.2) is 19.6 Å². The number of hydrogen-bond acceptors (Lipinski definition) is 4. The van der Waals surface area contributed by atoms with Gasteiger partial charge in [-0.15, -0.1) is 0 Å². The molecule has 3 rings (SSSR count). The van der Waals surface area contributed by atoms with E-state index in [4.69, 9.17) is 35.4 Å². The molecule has 0 atom stereocenters. The van der Waals surface area contributed by atoms with E-state index in [2.05, 4.69) is 18.9 Å². The highest BCUT2D eigenvalue weighted by atomic mass is 35.5. The molecule has 0 saturated carbocycles. The van der Waals surface area contributed by atoms with Gasteiger partial charge in [0.05, 0.1) is 21.4 Å². The Balaban J connectivity index is 2.46. The van der Waals surface area contributed by atoms with E-state index in [1.807, 2.05) is 0 Å². The summed E-state index contributed by atoms with van der Waals surface area (Å²) in [6.45, 7) is 0. The minimum atomic E-state index is -0.432. The maximum absolute atomic E-state index is 11.7. The molecule has 0 aliphatic carbocycles. The normalized spacial score (nSPS) is 12.6. The molecule has 10 heteroatoms. The summed E-state index contributed by atoms with van der Waals surface area (Å²) in [4.78, 5) is 11.7. The highest BCUT2D eigenvalue weighted by Gasteiger charge is 2.21. The van der Waals surface area contributed by atoms with Crippen molar-refractivity contribution in [2.45, 2.75) is 0 Å². The first-order valence-electron chi connectivity index (χ1n) is 4.60. The molecule has 0 unspecified atom stereocenters. The fraction of sp³-hybridized carbons (Fsp3) is 0. The first-order chi connectivity index (χ1) is 8.59. The molecule has 0 radical (unpaired) electrons. The molecule has 1 aromatic carbocycles. The van der Waals surface area contributed by atoms with E-state index in [-0.39, 0.29) is 9.79 Å². The van der Waals surface area contributed by atoms with Crippen molar-refractivity contribution < 1.29 is 0 Å². The van der Waals surface area contributed by atoms with Gasteiger partial charge in [-0.25, -0.2) is 14.5 Å². The number of nitrogens with one attached hydrogen (secondary N) is 2. The summed E-state index contributed by atoms with van der Waals surface area (Å²) in [7, 11) is 0. The van der Waals surface area contributed by atoms with Gasteiger partial charge in [0.1, 0.15) is 17.1 Å². The smallest absolute Gasteiger partial charge is 0.272 e. The van der Waals surface area contributed by atoms with Gasteiger partial charge in [-0.3, -0.25) is 5.10 Å². The van der Waals surface area contributed by atoms with Crippen LogP contribution in [-0.2, 0) is 11.4 Å². The molecule has 2 heterocycles. The van der Waals surface area contributed by atoms with Crippen molar-refractivity contribution in [2.75, 3.05) is 0 Å². The Bertz CT molecular complexity index is 815. The van der Waals surface area contributed by atoms with Crippen molar-refractivity contribution in [2.24, 2.45) is 8.73 Å². The summed E-state index contributed by atoms with van der Waals surface area (Å²) < 4.78 is 9.58. The average molecular weight is 320 g/mol. The van der Waals surface area contributed by atoms with Crippen LogP contribution in [0.2, 0.25) is 10.0 Å². The molecule has 1 aromatic heterocycles. The van der Waals surface area contributed by atoms with Crippen molar-refractivity contribution in [3.8, 4) is 5.69 Å². The maximum atomic E-state index is 11.7. The molecule has 0 amide bonds. The minimum Gasteiger partial charge on any atom is -0.272 e. The fourth-order valence-electron chi connectivity index (χ4n) is 1.59. The fourth-order valence-corrected chi connectivity index (χ4v) is 3.01. The number of H-pyrrole nitrogens is 2. The molecule has 1 aliphatic rings. The zero-order valence-corrected chi connectivity index (χ0v) is 11.5. The molecule has 2 aromatic rings. The van der Waals surface area contributed by atoms with Crippen LogP contribution in [0.4, 0.5) is 11.4 Å². The van der Waals surface area contributed by atoms with Crippen molar-refractivity contribution in [1.82, 2.24) is 14.8 Å². The Morgan fingerprint density at radius 3 is 2.61 bits per heavy atom. The van der Waals surface area contributed by atoms with Gasteiger partial charge in [0, 0.05) is 0 Å². The summed E-state index contributed by atoms with van der Waals surface area (Å²) >= 11 is 18.1. The lowest BCUT2D eigenvalue weighted by atomic mass is 10.2. The van der Waals surface area contributed by atoms with Crippen LogP contribution in [-0.4, -0.2) is 14.8 Å². The topological polar surface area (TPSA) is 78.3 Å². The zero-order chi connectivity index (χ0) is 12.9. The van der Waals surface area contributed by atoms with Crippen LogP contribution >= 0.6 is 35.4 Å². The number of nitrogens with zero attached hydrogens (tertiary/aromatic N) is 3. The third-order valence-electron chi connectivity index (χ3n) is 2.32. The summed E-state index contributed by atoms with van der Waals surface area (Å²) in [5, 5.41) is 5.57. The van der Waals surface area contributed by atoms with E-state index in [9.17, 15) is 4.79 Å². The molecule has 2 N–H and O–H groups in total. The maximum Gasteiger partial charge on any atom is 0.347 e. The summed E-state index contributed by atoms with van der Waals surface area (Å²) in [5.74, 6) is 0. The third-order valence-corrected chi connectivity index (χ3v) is 3.71. The van der Waals surface area contributed by atoms with Gasteiger partial charge in [0.25, 0.3) is 0 Å². The standard InChI is InChI=1S/C8H3Cl2N5OS2/c9-2-1-3(10)6(5-4(2)13-18-14-5)15-7(16)11-12-8(15)17/h1H,(H,11,16)(H,12,17). The predicted octanol–water partition coefficient (Wildman–Crippen LogP) is 3.26. The number of fused-ring (bicyclic) bond motifs is 1. The third kappa shape index (κ3) is 1.61. The van der Waals surface area contributed by atoms with Crippen LogP contribution < -0.4 is 5.69 Å². The molecule has 0 saturated heterocycles. The van der Waals surface area contributed by atoms with Gasteiger partial charge < -0.3 is 0 Å². The SMILES string of the molecule is O=c1[nH][nH]c(=S)n1-c1c(Cl)cc(Cl)c2c1N=S=N2. The second-order valence-corrected chi connectivity index (χ2v) is 5.08. The number of halogens is 2. The van der Waals surface area contributed by atoms with E-state index >= 15 is 0 Å². The molecule has 6 nitrogen and oxygen atoms in total. The van der Waals surface area contributed by atoms with Crippen molar-refractivity contribution in [3.05, 3.63) is 31.4 Å². The number of hydrogen-bond donors (Lipinski definition) is 2. The van der Waals surface area contributed by atoms with Gasteiger partial charge in [0.2, 0.25) is 4.77 Å². The monoisotopic (exact) mass is 319 g/mol. The summed E-state index contributed by atoms with van der Waals surface area (Å²) in [6.07, 6.45) is 0. The van der Waals surface area contributed by atoms with E-state index in [1.165, 1.54) is 10.6 Å². The molecule has 18 heavy (non-hydrogen) atoms. The van der Waals surface area contributed by atoms with E-state index in [1.54, 1.807) is 0 Å². The van der Waals surface area contributed by atoms with Gasteiger partial charge in [-0.1, -0.05) is 23.2 Å². The zero-order valence-electron chi connectivity index (χ0n) is 8.40. The van der Waals surface area contributed by atoms with Crippen LogP contribution in [0.3, 0.4) is 0 Å². The Labute approximate surface area is 118 Å². The average Bonchev–Trinajstić information content (AvgIpc) is 2.90. The van der Waals surface area contributed by atoms with Crippen molar-refractivity contribution in [3.63, 3.8) is 0 Å².